The standard InChI is InChI=1S/C9H14N4O/c1-6-8(5-10-13(3)4)9(14)12-7(2)11-6/h5H,1-4H3,(H,11,12,14)/b10-5+. The van der Waals surface area contributed by atoms with Crippen LogP contribution in [0, 0.1) is 13.8 Å². The normalized spacial score (nSPS) is 10.9. The van der Waals surface area contributed by atoms with Crippen LogP contribution in [0.4, 0.5) is 0 Å². The van der Waals surface area contributed by atoms with Gasteiger partial charge in [-0.15, -0.1) is 0 Å². The maximum absolute atomic E-state index is 11.5. The van der Waals surface area contributed by atoms with Gasteiger partial charge in [0.15, 0.2) is 0 Å². The largest absolute Gasteiger partial charge is 0.310 e. The lowest BCUT2D eigenvalue weighted by Gasteiger charge is -2.03. The van der Waals surface area contributed by atoms with Crippen molar-refractivity contribution in [1.29, 1.82) is 0 Å². The van der Waals surface area contributed by atoms with E-state index in [4.69, 9.17) is 0 Å². The van der Waals surface area contributed by atoms with Gasteiger partial charge in [-0.2, -0.15) is 5.10 Å². The molecule has 1 aromatic rings. The highest BCUT2D eigenvalue weighted by Crippen LogP contribution is 1.95. The number of hydrogen-bond donors (Lipinski definition) is 1. The van der Waals surface area contributed by atoms with Crippen molar-refractivity contribution in [2.45, 2.75) is 13.8 Å². The summed E-state index contributed by atoms with van der Waals surface area (Å²) in [5.74, 6) is 0.620. The van der Waals surface area contributed by atoms with Crippen molar-refractivity contribution in [1.82, 2.24) is 15.0 Å². The maximum Gasteiger partial charge on any atom is 0.260 e. The van der Waals surface area contributed by atoms with Crippen LogP contribution in [-0.4, -0.2) is 35.3 Å². The Bertz CT molecular complexity index is 406. The number of aromatic amines is 1. The summed E-state index contributed by atoms with van der Waals surface area (Å²) < 4.78 is 0. The quantitative estimate of drug-likeness (QED) is 0.543. The van der Waals surface area contributed by atoms with Crippen molar-refractivity contribution in [3.63, 3.8) is 0 Å². The molecule has 14 heavy (non-hydrogen) atoms. The molecule has 0 unspecified atom stereocenters. The van der Waals surface area contributed by atoms with Gasteiger partial charge in [0.1, 0.15) is 5.82 Å². The summed E-state index contributed by atoms with van der Waals surface area (Å²) >= 11 is 0. The molecule has 0 saturated carbocycles. The van der Waals surface area contributed by atoms with Gasteiger partial charge in [0.05, 0.1) is 17.5 Å². The number of nitrogens with one attached hydrogen (secondary N) is 1. The van der Waals surface area contributed by atoms with Crippen LogP contribution in [-0.2, 0) is 0 Å². The Hall–Kier alpha value is -1.65. The molecule has 0 saturated heterocycles. The van der Waals surface area contributed by atoms with Crippen LogP contribution in [0.25, 0.3) is 0 Å². The Kier molecular flexibility index (Phi) is 3.01. The van der Waals surface area contributed by atoms with Crippen LogP contribution in [0.5, 0.6) is 0 Å². The molecule has 0 radical (unpaired) electrons. The van der Waals surface area contributed by atoms with Crippen LogP contribution >= 0.6 is 0 Å². The maximum atomic E-state index is 11.5. The highest BCUT2D eigenvalue weighted by molar-refractivity contribution is 5.80. The van der Waals surface area contributed by atoms with E-state index >= 15 is 0 Å². The third-order valence-corrected chi connectivity index (χ3v) is 1.68. The van der Waals surface area contributed by atoms with Gasteiger partial charge in [-0.3, -0.25) is 4.79 Å². The van der Waals surface area contributed by atoms with E-state index in [2.05, 4.69) is 15.1 Å². The summed E-state index contributed by atoms with van der Waals surface area (Å²) in [5, 5.41) is 5.62. The molecule has 1 aromatic heterocycles. The van der Waals surface area contributed by atoms with Gasteiger partial charge in [-0.05, 0) is 13.8 Å². The molecule has 0 aliphatic carbocycles. The molecule has 0 bridgehead atoms. The highest BCUT2D eigenvalue weighted by Gasteiger charge is 2.03. The molecule has 0 aliphatic heterocycles. The third-order valence-electron chi connectivity index (χ3n) is 1.68. The molecule has 0 spiro atoms. The van der Waals surface area contributed by atoms with Crippen molar-refractivity contribution in [2.24, 2.45) is 5.10 Å². The van der Waals surface area contributed by atoms with E-state index in [1.54, 1.807) is 33.0 Å². The first-order valence-corrected chi connectivity index (χ1v) is 4.29. The van der Waals surface area contributed by atoms with E-state index in [0.717, 1.165) is 0 Å². The molecule has 0 aromatic carbocycles. The highest BCUT2D eigenvalue weighted by atomic mass is 16.1. The minimum absolute atomic E-state index is 0.152. The summed E-state index contributed by atoms with van der Waals surface area (Å²) in [5.41, 5.74) is 1.04. The summed E-state index contributed by atoms with van der Waals surface area (Å²) in [7, 11) is 3.59. The number of aromatic nitrogens is 2. The van der Waals surface area contributed by atoms with Crippen LogP contribution in [0.3, 0.4) is 0 Å². The van der Waals surface area contributed by atoms with Gasteiger partial charge in [-0.25, -0.2) is 4.98 Å². The number of H-pyrrole nitrogens is 1. The molecule has 76 valence electrons. The second-order valence-electron chi connectivity index (χ2n) is 3.24. The van der Waals surface area contributed by atoms with Crippen LogP contribution in [0.1, 0.15) is 17.1 Å². The molecular weight excluding hydrogens is 180 g/mol. The zero-order chi connectivity index (χ0) is 10.7. The molecule has 0 amide bonds. The first-order chi connectivity index (χ1) is 6.50. The topological polar surface area (TPSA) is 61.4 Å². The molecule has 5 nitrogen and oxygen atoms in total. The zero-order valence-corrected chi connectivity index (χ0v) is 8.83. The summed E-state index contributed by atoms with van der Waals surface area (Å²) in [6, 6.07) is 0. The number of nitrogens with zero attached hydrogens (tertiary/aromatic N) is 3. The Balaban J connectivity index is 3.16. The van der Waals surface area contributed by atoms with Crippen molar-refractivity contribution in [2.75, 3.05) is 14.1 Å². The van der Waals surface area contributed by atoms with Crippen molar-refractivity contribution in [3.8, 4) is 0 Å². The van der Waals surface area contributed by atoms with Crippen LogP contribution in [0.15, 0.2) is 9.90 Å². The van der Waals surface area contributed by atoms with E-state index in [9.17, 15) is 4.79 Å². The van der Waals surface area contributed by atoms with Gasteiger partial charge in [0.25, 0.3) is 5.56 Å². The van der Waals surface area contributed by atoms with Gasteiger partial charge in [0.2, 0.25) is 0 Å². The average Bonchev–Trinajstić information content (AvgIpc) is 2.01. The Morgan fingerprint density at radius 2 is 2.07 bits per heavy atom. The molecule has 1 rings (SSSR count). The lowest BCUT2D eigenvalue weighted by Crippen LogP contribution is -2.18. The molecule has 0 aliphatic rings. The molecule has 1 N–H and O–H groups in total. The molecule has 0 fully saturated rings. The van der Waals surface area contributed by atoms with E-state index in [-0.39, 0.29) is 5.56 Å². The second-order valence-corrected chi connectivity index (χ2v) is 3.24. The smallest absolute Gasteiger partial charge is 0.260 e. The lowest BCUT2D eigenvalue weighted by molar-refractivity contribution is 0.440. The Morgan fingerprint density at radius 3 is 2.57 bits per heavy atom. The van der Waals surface area contributed by atoms with Crippen molar-refractivity contribution >= 4 is 6.21 Å². The molecule has 1 heterocycles. The summed E-state index contributed by atoms with van der Waals surface area (Å²) in [4.78, 5) is 18.2. The second kappa shape index (κ2) is 4.04. The first-order valence-electron chi connectivity index (χ1n) is 4.29. The van der Waals surface area contributed by atoms with E-state index in [1.807, 2.05) is 0 Å². The minimum Gasteiger partial charge on any atom is -0.310 e. The predicted octanol–water partition coefficient (Wildman–Crippen LogP) is 0.282. The average molecular weight is 194 g/mol. The van der Waals surface area contributed by atoms with Gasteiger partial charge in [0, 0.05) is 14.1 Å². The number of hydrogen-bond acceptors (Lipinski definition) is 4. The number of hydrazone groups is 1. The predicted molar refractivity (Wildman–Crippen MR) is 55.6 cm³/mol. The SMILES string of the molecule is Cc1nc(C)c(/C=N/N(C)C)c(=O)[nH]1. The minimum atomic E-state index is -0.152. The van der Waals surface area contributed by atoms with E-state index in [0.29, 0.717) is 17.1 Å². The molecule has 0 atom stereocenters. The van der Waals surface area contributed by atoms with Crippen molar-refractivity contribution < 1.29 is 0 Å². The molecule has 5 heteroatoms. The van der Waals surface area contributed by atoms with Gasteiger partial charge < -0.3 is 9.99 Å². The summed E-state index contributed by atoms with van der Waals surface area (Å²) in [6.45, 7) is 3.54. The van der Waals surface area contributed by atoms with Crippen molar-refractivity contribution in [3.05, 3.63) is 27.4 Å². The summed E-state index contributed by atoms with van der Waals surface area (Å²) in [6.07, 6.45) is 1.51. The monoisotopic (exact) mass is 194 g/mol. The fraction of sp³-hybridized carbons (Fsp3) is 0.444. The van der Waals surface area contributed by atoms with Gasteiger partial charge >= 0.3 is 0 Å². The third kappa shape index (κ3) is 2.42. The Morgan fingerprint density at radius 1 is 1.43 bits per heavy atom. The van der Waals surface area contributed by atoms with Gasteiger partial charge in [-0.1, -0.05) is 0 Å². The number of aryl methyl sites for hydroxylation is 2. The zero-order valence-electron chi connectivity index (χ0n) is 8.83. The lowest BCUT2D eigenvalue weighted by atomic mass is 10.2. The van der Waals surface area contributed by atoms with Crippen LogP contribution < -0.4 is 5.56 Å². The fourth-order valence-corrected chi connectivity index (χ4v) is 1.06. The Labute approximate surface area is 82.5 Å². The first kappa shape index (κ1) is 10.4. The fourth-order valence-electron chi connectivity index (χ4n) is 1.06. The van der Waals surface area contributed by atoms with Crippen LogP contribution in [0.2, 0.25) is 0 Å². The van der Waals surface area contributed by atoms with E-state index < -0.39 is 0 Å². The number of rotatable bonds is 2. The van der Waals surface area contributed by atoms with E-state index in [1.165, 1.54) is 6.21 Å². The molecular formula is C9H14N4O.